The third kappa shape index (κ3) is 4.80. The number of carbonyl (C=O) groups is 2. The van der Waals surface area contributed by atoms with Gasteiger partial charge in [-0.15, -0.1) is 0 Å². The maximum Gasteiger partial charge on any atom is 0.340 e. The van der Waals surface area contributed by atoms with Gasteiger partial charge in [0, 0.05) is 11.3 Å². The molecule has 0 unspecified atom stereocenters. The number of amides is 1. The molecule has 2 aromatic rings. The standard InChI is InChI=1S/C17H15ClFNO5S/c1-10(16(21)20-14-8-7-11(18)9-13(14)19)25-17(22)12-5-3-4-6-15(12)26(2,23)24/h3-10H,1-2H3,(H,20,21)/t10-/m1/s1. The lowest BCUT2D eigenvalue weighted by Crippen LogP contribution is -2.30. The summed E-state index contributed by atoms with van der Waals surface area (Å²) in [6, 6.07) is 9.16. The van der Waals surface area contributed by atoms with Crippen LogP contribution in [-0.4, -0.2) is 32.7 Å². The number of nitrogens with one attached hydrogen (secondary N) is 1. The van der Waals surface area contributed by atoms with Gasteiger partial charge >= 0.3 is 5.97 Å². The van der Waals surface area contributed by atoms with Crippen LogP contribution in [0.3, 0.4) is 0 Å². The van der Waals surface area contributed by atoms with Crippen LogP contribution < -0.4 is 5.32 Å². The quantitative estimate of drug-likeness (QED) is 0.780. The van der Waals surface area contributed by atoms with Gasteiger partial charge in [-0.3, -0.25) is 4.79 Å². The second-order valence-electron chi connectivity index (χ2n) is 5.43. The monoisotopic (exact) mass is 399 g/mol. The van der Waals surface area contributed by atoms with Crippen molar-refractivity contribution in [1.82, 2.24) is 0 Å². The fourth-order valence-corrected chi connectivity index (χ4v) is 3.10. The van der Waals surface area contributed by atoms with E-state index in [1.807, 2.05) is 0 Å². The summed E-state index contributed by atoms with van der Waals surface area (Å²) in [5, 5.41) is 2.44. The number of benzene rings is 2. The van der Waals surface area contributed by atoms with Crippen molar-refractivity contribution in [2.45, 2.75) is 17.9 Å². The van der Waals surface area contributed by atoms with E-state index in [1.54, 1.807) is 0 Å². The maximum atomic E-state index is 13.7. The summed E-state index contributed by atoms with van der Waals surface area (Å²) in [5.74, 6) is -2.51. The van der Waals surface area contributed by atoms with E-state index >= 15 is 0 Å². The van der Waals surface area contributed by atoms with Crippen LogP contribution in [0, 0.1) is 5.82 Å². The maximum absolute atomic E-state index is 13.7. The minimum Gasteiger partial charge on any atom is -0.449 e. The normalized spacial score (nSPS) is 12.3. The fraction of sp³-hybridized carbons (Fsp3) is 0.176. The van der Waals surface area contributed by atoms with Crippen LogP contribution in [0.4, 0.5) is 10.1 Å². The Labute approximate surface area is 154 Å². The minimum atomic E-state index is -3.66. The van der Waals surface area contributed by atoms with Gasteiger partial charge in [-0.05, 0) is 37.3 Å². The Hall–Kier alpha value is -2.45. The highest BCUT2D eigenvalue weighted by atomic mass is 35.5. The number of halogens is 2. The molecule has 0 radical (unpaired) electrons. The van der Waals surface area contributed by atoms with E-state index in [0.29, 0.717) is 0 Å². The van der Waals surface area contributed by atoms with Crippen LogP contribution in [0.2, 0.25) is 5.02 Å². The molecule has 0 bridgehead atoms. The fourth-order valence-electron chi connectivity index (χ4n) is 2.06. The molecule has 9 heteroatoms. The predicted octanol–water partition coefficient (Wildman–Crippen LogP) is 3.07. The Kier molecular flexibility index (Phi) is 5.99. The lowest BCUT2D eigenvalue weighted by molar-refractivity contribution is -0.123. The molecule has 0 fully saturated rings. The molecule has 2 aromatic carbocycles. The summed E-state index contributed by atoms with van der Waals surface area (Å²) in [4.78, 5) is 24.1. The predicted molar refractivity (Wildman–Crippen MR) is 94.5 cm³/mol. The van der Waals surface area contributed by atoms with E-state index in [4.69, 9.17) is 16.3 Å². The Morgan fingerprint density at radius 1 is 1.19 bits per heavy atom. The average Bonchev–Trinajstić information content (AvgIpc) is 2.56. The average molecular weight is 400 g/mol. The number of carbonyl (C=O) groups excluding carboxylic acids is 2. The molecular weight excluding hydrogens is 385 g/mol. The summed E-state index contributed by atoms with van der Waals surface area (Å²) in [5.41, 5.74) is -0.314. The van der Waals surface area contributed by atoms with Gasteiger partial charge in [0.15, 0.2) is 15.9 Å². The van der Waals surface area contributed by atoms with Gasteiger partial charge in [-0.2, -0.15) is 0 Å². The van der Waals surface area contributed by atoms with E-state index in [1.165, 1.54) is 43.3 Å². The number of hydrogen-bond acceptors (Lipinski definition) is 5. The Morgan fingerprint density at radius 3 is 2.46 bits per heavy atom. The highest BCUT2D eigenvalue weighted by Gasteiger charge is 2.24. The molecule has 138 valence electrons. The van der Waals surface area contributed by atoms with Gasteiger partial charge in [0.05, 0.1) is 16.1 Å². The first-order chi connectivity index (χ1) is 12.1. The van der Waals surface area contributed by atoms with Crippen LogP contribution in [0.25, 0.3) is 0 Å². The molecule has 2 rings (SSSR count). The zero-order valence-electron chi connectivity index (χ0n) is 13.8. The van der Waals surface area contributed by atoms with E-state index in [-0.39, 0.29) is 21.2 Å². The van der Waals surface area contributed by atoms with Crippen LogP contribution in [0.15, 0.2) is 47.4 Å². The Balaban J connectivity index is 2.13. The Morgan fingerprint density at radius 2 is 1.85 bits per heavy atom. The van der Waals surface area contributed by atoms with Crippen molar-refractivity contribution < 1.29 is 27.1 Å². The van der Waals surface area contributed by atoms with Crippen molar-refractivity contribution in [1.29, 1.82) is 0 Å². The molecular formula is C17H15ClFNO5S. The number of sulfone groups is 1. The van der Waals surface area contributed by atoms with Crippen LogP contribution >= 0.6 is 11.6 Å². The number of ether oxygens (including phenoxy) is 1. The third-order valence-electron chi connectivity index (χ3n) is 3.35. The molecule has 0 saturated heterocycles. The first-order valence-electron chi connectivity index (χ1n) is 7.35. The number of hydrogen-bond donors (Lipinski definition) is 1. The van der Waals surface area contributed by atoms with E-state index < -0.39 is 33.6 Å². The lowest BCUT2D eigenvalue weighted by atomic mass is 10.2. The van der Waals surface area contributed by atoms with Gasteiger partial charge in [-0.25, -0.2) is 17.6 Å². The smallest absolute Gasteiger partial charge is 0.340 e. The molecule has 0 aliphatic rings. The van der Waals surface area contributed by atoms with Crippen molar-refractivity contribution in [3.8, 4) is 0 Å². The topological polar surface area (TPSA) is 89.5 Å². The highest BCUT2D eigenvalue weighted by Crippen LogP contribution is 2.20. The van der Waals surface area contributed by atoms with Gasteiger partial charge in [0.2, 0.25) is 0 Å². The van der Waals surface area contributed by atoms with Crippen LogP contribution in [0.5, 0.6) is 0 Å². The second kappa shape index (κ2) is 7.84. The van der Waals surface area contributed by atoms with Crippen molar-refractivity contribution >= 4 is 39.0 Å². The lowest BCUT2D eigenvalue weighted by Gasteiger charge is -2.15. The van der Waals surface area contributed by atoms with E-state index in [0.717, 1.165) is 12.3 Å². The van der Waals surface area contributed by atoms with Crippen LogP contribution in [0.1, 0.15) is 17.3 Å². The van der Waals surface area contributed by atoms with Gasteiger partial charge in [0.25, 0.3) is 5.91 Å². The molecule has 1 N–H and O–H groups in total. The minimum absolute atomic E-state index is 0.126. The number of anilines is 1. The zero-order valence-corrected chi connectivity index (χ0v) is 15.4. The summed E-state index contributed by atoms with van der Waals surface area (Å²) < 4.78 is 42.2. The van der Waals surface area contributed by atoms with Crippen molar-refractivity contribution in [2.75, 3.05) is 11.6 Å². The molecule has 0 saturated carbocycles. The van der Waals surface area contributed by atoms with Crippen molar-refractivity contribution in [3.63, 3.8) is 0 Å². The highest BCUT2D eigenvalue weighted by molar-refractivity contribution is 7.90. The molecule has 0 aromatic heterocycles. The Bertz CT molecular complexity index is 961. The molecule has 0 aliphatic carbocycles. The number of esters is 1. The second-order valence-corrected chi connectivity index (χ2v) is 7.85. The first-order valence-corrected chi connectivity index (χ1v) is 9.62. The van der Waals surface area contributed by atoms with Gasteiger partial charge in [-0.1, -0.05) is 23.7 Å². The molecule has 1 atom stereocenters. The van der Waals surface area contributed by atoms with Gasteiger partial charge in [0.1, 0.15) is 5.82 Å². The van der Waals surface area contributed by atoms with E-state index in [2.05, 4.69) is 5.32 Å². The molecule has 26 heavy (non-hydrogen) atoms. The summed E-state index contributed by atoms with van der Waals surface area (Å²) in [6.45, 7) is 1.28. The largest absolute Gasteiger partial charge is 0.449 e. The first kappa shape index (κ1) is 19.9. The summed E-state index contributed by atoms with van der Waals surface area (Å²) >= 11 is 5.63. The molecule has 0 aliphatic heterocycles. The van der Waals surface area contributed by atoms with Crippen molar-refractivity contribution in [3.05, 3.63) is 58.9 Å². The third-order valence-corrected chi connectivity index (χ3v) is 4.74. The van der Waals surface area contributed by atoms with Crippen molar-refractivity contribution in [2.24, 2.45) is 0 Å². The molecule has 0 heterocycles. The SMILES string of the molecule is C[C@@H](OC(=O)c1ccccc1S(C)(=O)=O)C(=O)Nc1ccc(Cl)cc1F. The summed E-state index contributed by atoms with van der Waals surface area (Å²) in [7, 11) is -3.66. The molecule has 6 nitrogen and oxygen atoms in total. The number of rotatable bonds is 5. The summed E-state index contributed by atoms with van der Waals surface area (Å²) in [6.07, 6.45) is -0.330. The molecule has 0 spiro atoms. The van der Waals surface area contributed by atoms with Gasteiger partial charge < -0.3 is 10.1 Å². The van der Waals surface area contributed by atoms with Crippen LogP contribution in [-0.2, 0) is 19.4 Å². The zero-order chi connectivity index (χ0) is 19.5. The molecule has 1 amide bonds. The van der Waals surface area contributed by atoms with E-state index in [9.17, 15) is 22.4 Å².